The van der Waals surface area contributed by atoms with E-state index in [0.29, 0.717) is 18.0 Å². The number of aliphatic imine (C=N–C) groups is 1. The van der Waals surface area contributed by atoms with Crippen molar-refractivity contribution in [1.29, 1.82) is 0 Å². The normalized spacial score (nSPS) is 17.6. The molecule has 0 radical (unpaired) electrons. The van der Waals surface area contributed by atoms with E-state index in [4.69, 9.17) is 4.74 Å². The van der Waals surface area contributed by atoms with Gasteiger partial charge in [-0.1, -0.05) is 12.1 Å². The Balaban J connectivity index is 0.00000364. The second-order valence-electron chi connectivity index (χ2n) is 7.60. The number of rotatable bonds is 7. The Kier molecular flexibility index (Phi) is 10.4. The summed E-state index contributed by atoms with van der Waals surface area (Å²) in [5.74, 6) is 2.50. The van der Waals surface area contributed by atoms with Crippen molar-refractivity contribution in [2.75, 3.05) is 40.3 Å². The van der Waals surface area contributed by atoms with Gasteiger partial charge in [0.05, 0.1) is 7.11 Å². The van der Waals surface area contributed by atoms with Crippen molar-refractivity contribution in [1.82, 2.24) is 15.1 Å². The monoisotopic (exact) mass is 488 g/mol. The van der Waals surface area contributed by atoms with Gasteiger partial charge in [-0.3, -0.25) is 9.89 Å². The number of nitrogens with one attached hydrogen (secondary N) is 1. The summed E-state index contributed by atoms with van der Waals surface area (Å²) in [6, 6.07) is 9.60. The van der Waals surface area contributed by atoms with Gasteiger partial charge in [-0.05, 0) is 51.8 Å². The minimum atomic E-state index is 0. The zero-order chi connectivity index (χ0) is 19.1. The van der Waals surface area contributed by atoms with E-state index in [0.717, 1.165) is 44.3 Å². The molecule has 1 aliphatic heterocycles. The van der Waals surface area contributed by atoms with Gasteiger partial charge in [0.15, 0.2) is 5.96 Å². The van der Waals surface area contributed by atoms with Gasteiger partial charge in [0.1, 0.15) is 5.75 Å². The second-order valence-corrected chi connectivity index (χ2v) is 7.60. The Hall–Kier alpha value is -1.02. The third-order valence-electron chi connectivity index (χ3n) is 5.27. The largest absolute Gasteiger partial charge is 0.497 e. The first-order valence-corrected chi connectivity index (χ1v) is 9.81. The molecule has 1 atom stereocenters. The maximum absolute atomic E-state index is 5.26. The van der Waals surface area contributed by atoms with Gasteiger partial charge in [-0.2, -0.15) is 0 Å². The van der Waals surface area contributed by atoms with Crippen LogP contribution in [0.4, 0.5) is 0 Å². The van der Waals surface area contributed by atoms with Crippen molar-refractivity contribution < 1.29 is 4.74 Å². The van der Waals surface area contributed by atoms with Crippen molar-refractivity contribution in [2.24, 2.45) is 4.99 Å². The van der Waals surface area contributed by atoms with Crippen LogP contribution in [0.25, 0.3) is 0 Å². The lowest BCUT2D eigenvalue weighted by atomic mass is 9.98. The molecule has 154 valence electrons. The third-order valence-corrected chi connectivity index (χ3v) is 5.27. The average molecular weight is 488 g/mol. The van der Waals surface area contributed by atoms with Crippen molar-refractivity contribution in [3.8, 4) is 5.75 Å². The van der Waals surface area contributed by atoms with Gasteiger partial charge in [-0.15, -0.1) is 24.0 Å². The first-order chi connectivity index (χ1) is 12.5. The fraction of sp³-hybridized carbons (Fsp3) is 0.667. The highest BCUT2D eigenvalue weighted by Gasteiger charge is 2.26. The van der Waals surface area contributed by atoms with Gasteiger partial charge in [0.25, 0.3) is 0 Å². The number of hydrogen-bond donors (Lipinski definition) is 1. The molecule has 1 fully saturated rings. The molecule has 1 N–H and O–H groups in total. The minimum Gasteiger partial charge on any atom is -0.497 e. The Morgan fingerprint density at radius 2 is 1.85 bits per heavy atom. The number of methoxy groups -OCH3 is 1. The van der Waals surface area contributed by atoms with Gasteiger partial charge in [0, 0.05) is 51.2 Å². The molecule has 1 aromatic carbocycles. The van der Waals surface area contributed by atoms with Crippen molar-refractivity contribution >= 4 is 29.9 Å². The van der Waals surface area contributed by atoms with Crippen molar-refractivity contribution in [2.45, 2.75) is 52.1 Å². The van der Waals surface area contributed by atoms with E-state index >= 15 is 0 Å². The summed E-state index contributed by atoms with van der Waals surface area (Å²) < 4.78 is 5.26. The fourth-order valence-electron chi connectivity index (χ4n) is 3.84. The molecular formula is C21H37IN4O. The number of halogens is 1. The lowest BCUT2D eigenvalue weighted by Crippen LogP contribution is -2.46. The lowest BCUT2D eigenvalue weighted by molar-refractivity contribution is 0.178. The molecule has 2 rings (SSSR count). The van der Waals surface area contributed by atoms with E-state index in [2.05, 4.69) is 72.1 Å². The summed E-state index contributed by atoms with van der Waals surface area (Å²) in [6.07, 6.45) is 1.16. The van der Waals surface area contributed by atoms with E-state index in [1.165, 1.54) is 5.56 Å². The van der Waals surface area contributed by atoms with Crippen LogP contribution in [0.5, 0.6) is 5.75 Å². The molecule has 5 nitrogen and oxygen atoms in total. The van der Waals surface area contributed by atoms with Crippen LogP contribution in [0.3, 0.4) is 0 Å². The highest BCUT2D eigenvalue weighted by molar-refractivity contribution is 14.0. The third kappa shape index (κ3) is 6.82. The molecule has 1 aromatic rings. The highest BCUT2D eigenvalue weighted by Crippen LogP contribution is 2.28. The number of nitrogens with zero attached hydrogens (tertiary/aromatic N) is 3. The summed E-state index contributed by atoms with van der Waals surface area (Å²) in [6.45, 7) is 13.1. The molecule has 0 bridgehead atoms. The van der Waals surface area contributed by atoms with Crippen LogP contribution in [-0.4, -0.2) is 68.2 Å². The zero-order valence-corrected chi connectivity index (χ0v) is 20.1. The van der Waals surface area contributed by atoms with Crippen molar-refractivity contribution in [3.63, 3.8) is 0 Å². The molecule has 0 amide bonds. The van der Waals surface area contributed by atoms with E-state index in [-0.39, 0.29) is 24.0 Å². The lowest BCUT2D eigenvalue weighted by Gasteiger charge is -2.31. The van der Waals surface area contributed by atoms with Crippen LogP contribution in [-0.2, 0) is 0 Å². The molecular weight excluding hydrogens is 451 g/mol. The maximum Gasteiger partial charge on any atom is 0.193 e. The number of benzene rings is 1. The van der Waals surface area contributed by atoms with Crippen LogP contribution in [0.1, 0.15) is 45.6 Å². The summed E-state index contributed by atoms with van der Waals surface area (Å²) in [7, 11) is 3.59. The number of likely N-dealkylation sites (tertiary alicyclic amines) is 1. The van der Waals surface area contributed by atoms with Crippen LogP contribution in [0, 0.1) is 0 Å². The Morgan fingerprint density at radius 3 is 2.37 bits per heavy atom. The van der Waals surface area contributed by atoms with E-state index < -0.39 is 0 Å². The Morgan fingerprint density at radius 1 is 1.22 bits per heavy atom. The molecule has 0 aliphatic carbocycles. The summed E-state index contributed by atoms with van der Waals surface area (Å²) in [5.41, 5.74) is 1.38. The quantitative estimate of drug-likeness (QED) is 0.360. The molecule has 0 saturated carbocycles. The molecule has 1 saturated heterocycles. The molecule has 0 spiro atoms. The summed E-state index contributed by atoms with van der Waals surface area (Å²) in [5, 5.41) is 3.56. The van der Waals surface area contributed by atoms with Crippen molar-refractivity contribution in [3.05, 3.63) is 29.8 Å². The fourth-order valence-corrected chi connectivity index (χ4v) is 3.84. The minimum absolute atomic E-state index is 0. The topological polar surface area (TPSA) is 40.1 Å². The van der Waals surface area contributed by atoms with Gasteiger partial charge < -0.3 is 15.0 Å². The smallest absolute Gasteiger partial charge is 0.193 e. The Bertz CT molecular complexity index is 566. The highest BCUT2D eigenvalue weighted by atomic mass is 127. The molecule has 0 aromatic heterocycles. The van der Waals surface area contributed by atoms with Crippen LogP contribution in [0.15, 0.2) is 29.3 Å². The van der Waals surface area contributed by atoms with E-state index in [1.807, 2.05) is 7.05 Å². The molecule has 27 heavy (non-hydrogen) atoms. The second kappa shape index (κ2) is 11.7. The molecule has 6 heteroatoms. The predicted octanol–water partition coefficient (Wildman–Crippen LogP) is 3.80. The Labute approximate surface area is 182 Å². The summed E-state index contributed by atoms with van der Waals surface area (Å²) in [4.78, 5) is 9.39. The standard InChI is InChI=1S/C21H36N4O.HI/c1-16(2)25(17(3)4)14-12-23-21(22-5)24-13-11-19(15-24)18-7-9-20(26-6)10-8-18;/h7-10,16-17,19H,11-15H2,1-6H3,(H,22,23);1H. The molecule has 1 aliphatic rings. The molecule has 1 unspecified atom stereocenters. The zero-order valence-electron chi connectivity index (χ0n) is 17.7. The molecule has 1 heterocycles. The average Bonchev–Trinajstić information content (AvgIpc) is 3.11. The number of guanidine groups is 1. The number of hydrogen-bond acceptors (Lipinski definition) is 3. The van der Waals surface area contributed by atoms with Gasteiger partial charge >= 0.3 is 0 Å². The van der Waals surface area contributed by atoms with Crippen LogP contribution >= 0.6 is 24.0 Å². The number of ether oxygens (including phenoxy) is 1. The SMILES string of the molecule is CN=C(NCCN(C(C)C)C(C)C)N1CCC(c2ccc(OC)cc2)C1.I. The van der Waals surface area contributed by atoms with E-state index in [9.17, 15) is 0 Å². The van der Waals surface area contributed by atoms with Crippen LogP contribution in [0.2, 0.25) is 0 Å². The predicted molar refractivity (Wildman–Crippen MR) is 126 cm³/mol. The van der Waals surface area contributed by atoms with Gasteiger partial charge in [0.2, 0.25) is 0 Å². The van der Waals surface area contributed by atoms with E-state index in [1.54, 1.807) is 7.11 Å². The first kappa shape index (κ1) is 24.0. The van der Waals surface area contributed by atoms with Gasteiger partial charge in [-0.25, -0.2) is 0 Å². The summed E-state index contributed by atoms with van der Waals surface area (Å²) >= 11 is 0. The maximum atomic E-state index is 5.26. The van der Waals surface area contributed by atoms with Crippen LogP contribution < -0.4 is 10.1 Å². The first-order valence-electron chi connectivity index (χ1n) is 9.81.